The van der Waals surface area contributed by atoms with Crippen LogP contribution in [0.25, 0.3) is 23.0 Å². The molecule has 6 nitrogen and oxygen atoms in total. The third kappa shape index (κ3) is 4.17. The zero-order chi connectivity index (χ0) is 20.4. The zero-order valence-corrected chi connectivity index (χ0v) is 15.5. The average Bonchev–Trinajstić information content (AvgIpc) is 3.34. The zero-order valence-electron chi connectivity index (χ0n) is 14.8. The maximum atomic E-state index is 13.4. The third-order valence-electron chi connectivity index (χ3n) is 4.09. The largest absolute Gasteiger partial charge is 0.334 e. The fraction of sp³-hybridized carbons (Fsp3) is 0.0500. The van der Waals surface area contributed by atoms with Crippen LogP contribution in [0.15, 0.2) is 65.3 Å². The van der Waals surface area contributed by atoms with Crippen LogP contribution < -0.4 is 5.32 Å². The molecule has 0 aliphatic rings. The number of nitrogens with zero attached hydrogens (tertiary/aromatic N) is 3. The Kier molecular flexibility index (Phi) is 5.09. The molecule has 0 fully saturated rings. The number of hydrogen-bond donors (Lipinski definition) is 1. The second-order valence-corrected chi connectivity index (χ2v) is 6.53. The van der Waals surface area contributed by atoms with Crippen molar-refractivity contribution in [2.75, 3.05) is 5.32 Å². The molecule has 0 aliphatic carbocycles. The van der Waals surface area contributed by atoms with E-state index < -0.39 is 11.7 Å². The molecule has 146 valence electrons. The topological polar surface area (TPSA) is 73.0 Å². The first-order chi connectivity index (χ1) is 14.0. The summed E-state index contributed by atoms with van der Waals surface area (Å²) in [5, 5.41) is 6.70. The number of carbonyl (C=O) groups is 1. The number of aromatic nitrogens is 3. The lowest BCUT2D eigenvalue weighted by Gasteiger charge is -2.09. The standard InChI is InChI=1S/C20H13ClF2N4O2/c21-15-8-7-14(23)10-16(15)24-18(28)11-27-9-1-2-17(27)20-25-19(26-29-20)12-3-5-13(22)6-4-12/h1-10H,11H2,(H,24,28). The molecule has 9 heteroatoms. The van der Waals surface area contributed by atoms with Gasteiger partial charge in [-0.05, 0) is 54.6 Å². The molecule has 0 aliphatic heterocycles. The number of benzene rings is 2. The van der Waals surface area contributed by atoms with E-state index in [-0.39, 0.29) is 29.0 Å². The van der Waals surface area contributed by atoms with E-state index >= 15 is 0 Å². The smallest absolute Gasteiger partial charge is 0.274 e. The molecule has 0 saturated carbocycles. The number of rotatable bonds is 5. The number of halogens is 3. The summed E-state index contributed by atoms with van der Waals surface area (Å²) in [6, 6.07) is 12.8. The second-order valence-electron chi connectivity index (χ2n) is 6.12. The molecule has 1 amide bonds. The van der Waals surface area contributed by atoms with Gasteiger partial charge in [-0.15, -0.1) is 0 Å². The van der Waals surface area contributed by atoms with Crippen LogP contribution in [0.4, 0.5) is 14.5 Å². The predicted molar refractivity (Wildman–Crippen MR) is 103 cm³/mol. The highest BCUT2D eigenvalue weighted by Gasteiger charge is 2.16. The first kappa shape index (κ1) is 18.8. The molecule has 2 aromatic heterocycles. The molecule has 0 radical (unpaired) electrons. The highest BCUT2D eigenvalue weighted by molar-refractivity contribution is 6.33. The highest BCUT2D eigenvalue weighted by atomic mass is 35.5. The Morgan fingerprint density at radius 1 is 1.10 bits per heavy atom. The quantitative estimate of drug-likeness (QED) is 0.510. The van der Waals surface area contributed by atoms with Gasteiger partial charge in [-0.25, -0.2) is 8.78 Å². The van der Waals surface area contributed by atoms with Crippen LogP contribution in [0.2, 0.25) is 5.02 Å². The Morgan fingerprint density at radius 3 is 2.66 bits per heavy atom. The fourth-order valence-corrected chi connectivity index (χ4v) is 2.89. The Balaban J connectivity index is 1.52. The Labute approximate surface area is 168 Å². The highest BCUT2D eigenvalue weighted by Crippen LogP contribution is 2.24. The summed E-state index contributed by atoms with van der Waals surface area (Å²) < 4.78 is 33.3. The molecule has 2 heterocycles. The van der Waals surface area contributed by atoms with Gasteiger partial charge >= 0.3 is 0 Å². The van der Waals surface area contributed by atoms with Crippen molar-refractivity contribution in [1.29, 1.82) is 0 Å². The molecule has 29 heavy (non-hydrogen) atoms. The number of hydrogen-bond acceptors (Lipinski definition) is 4. The predicted octanol–water partition coefficient (Wildman–Crippen LogP) is 4.78. The van der Waals surface area contributed by atoms with E-state index in [9.17, 15) is 13.6 Å². The van der Waals surface area contributed by atoms with Gasteiger partial charge in [0.25, 0.3) is 5.89 Å². The lowest BCUT2D eigenvalue weighted by Crippen LogP contribution is -2.19. The molecule has 0 unspecified atom stereocenters. The second kappa shape index (κ2) is 7.84. The van der Waals surface area contributed by atoms with Gasteiger partial charge in [-0.3, -0.25) is 4.79 Å². The fourth-order valence-electron chi connectivity index (χ4n) is 2.73. The molecule has 0 atom stereocenters. The van der Waals surface area contributed by atoms with Crippen LogP contribution in [0, 0.1) is 11.6 Å². The van der Waals surface area contributed by atoms with E-state index in [2.05, 4.69) is 15.5 Å². The molecule has 4 aromatic rings. The molecule has 4 rings (SSSR count). The lowest BCUT2D eigenvalue weighted by molar-refractivity contribution is -0.116. The maximum absolute atomic E-state index is 13.4. The van der Waals surface area contributed by atoms with Crippen molar-refractivity contribution in [3.8, 4) is 23.0 Å². The normalized spacial score (nSPS) is 10.9. The van der Waals surface area contributed by atoms with Gasteiger partial charge in [0.05, 0.1) is 10.7 Å². The Hall–Kier alpha value is -3.52. The van der Waals surface area contributed by atoms with Crippen molar-refractivity contribution in [3.05, 3.63) is 77.5 Å². The molecular weight excluding hydrogens is 402 g/mol. The first-order valence-electron chi connectivity index (χ1n) is 8.49. The van der Waals surface area contributed by atoms with E-state index in [4.69, 9.17) is 16.1 Å². The Morgan fingerprint density at radius 2 is 1.86 bits per heavy atom. The van der Waals surface area contributed by atoms with Crippen LogP contribution in [0.1, 0.15) is 0 Å². The summed E-state index contributed by atoms with van der Waals surface area (Å²) in [5.74, 6) is -0.788. The number of nitrogens with one attached hydrogen (secondary N) is 1. The summed E-state index contributed by atoms with van der Waals surface area (Å²) in [5.41, 5.74) is 1.30. The molecule has 2 aromatic carbocycles. The minimum Gasteiger partial charge on any atom is -0.334 e. The summed E-state index contributed by atoms with van der Waals surface area (Å²) in [7, 11) is 0. The van der Waals surface area contributed by atoms with Crippen molar-refractivity contribution in [3.63, 3.8) is 0 Å². The number of amides is 1. The van der Waals surface area contributed by atoms with Crippen molar-refractivity contribution < 1.29 is 18.1 Å². The van der Waals surface area contributed by atoms with Crippen molar-refractivity contribution in [1.82, 2.24) is 14.7 Å². The van der Waals surface area contributed by atoms with Crippen molar-refractivity contribution in [2.45, 2.75) is 6.54 Å². The first-order valence-corrected chi connectivity index (χ1v) is 8.87. The summed E-state index contributed by atoms with van der Waals surface area (Å²) in [4.78, 5) is 16.7. The van der Waals surface area contributed by atoms with Gasteiger partial charge in [0.15, 0.2) is 0 Å². The van der Waals surface area contributed by atoms with Crippen LogP contribution in [0.5, 0.6) is 0 Å². The molecule has 0 bridgehead atoms. The van der Waals surface area contributed by atoms with Gasteiger partial charge in [0.2, 0.25) is 11.7 Å². The molecular formula is C20H13ClF2N4O2. The van der Waals surface area contributed by atoms with Crippen molar-refractivity contribution >= 4 is 23.2 Å². The van der Waals surface area contributed by atoms with E-state index in [0.29, 0.717) is 17.1 Å². The molecule has 1 N–H and O–H groups in total. The van der Waals surface area contributed by atoms with Gasteiger partial charge in [-0.1, -0.05) is 16.8 Å². The SMILES string of the molecule is O=C(Cn1cccc1-c1nc(-c2ccc(F)cc2)no1)Nc1cc(F)ccc1Cl. The third-order valence-corrected chi connectivity index (χ3v) is 4.42. The van der Waals surface area contributed by atoms with Gasteiger partial charge in [-0.2, -0.15) is 4.98 Å². The minimum atomic E-state index is -0.509. The summed E-state index contributed by atoms with van der Waals surface area (Å²) >= 11 is 5.98. The molecule has 0 saturated heterocycles. The minimum absolute atomic E-state index is 0.0799. The summed E-state index contributed by atoms with van der Waals surface area (Å²) in [6.07, 6.45) is 1.67. The van der Waals surface area contributed by atoms with E-state index in [1.54, 1.807) is 35.0 Å². The van der Waals surface area contributed by atoms with Crippen LogP contribution >= 0.6 is 11.6 Å². The maximum Gasteiger partial charge on any atom is 0.274 e. The van der Waals surface area contributed by atoms with Crippen molar-refractivity contribution in [2.24, 2.45) is 0 Å². The van der Waals surface area contributed by atoms with Crippen LogP contribution in [0.3, 0.4) is 0 Å². The summed E-state index contributed by atoms with van der Waals surface area (Å²) in [6.45, 7) is -0.0799. The van der Waals surface area contributed by atoms with E-state index in [1.165, 1.54) is 24.3 Å². The van der Waals surface area contributed by atoms with Crippen LogP contribution in [-0.2, 0) is 11.3 Å². The van der Waals surface area contributed by atoms with Gasteiger partial charge in [0.1, 0.15) is 23.9 Å². The van der Waals surface area contributed by atoms with Gasteiger partial charge in [0, 0.05) is 11.8 Å². The number of anilines is 1. The average molecular weight is 415 g/mol. The van der Waals surface area contributed by atoms with Crippen LogP contribution in [-0.4, -0.2) is 20.6 Å². The Bertz CT molecular complexity index is 1170. The van der Waals surface area contributed by atoms with Gasteiger partial charge < -0.3 is 14.4 Å². The lowest BCUT2D eigenvalue weighted by atomic mass is 10.2. The number of carbonyl (C=O) groups excluding carboxylic acids is 1. The molecule has 0 spiro atoms. The van der Waals surface area contributed by atoms with E-state index in [1.807, 2.05) is 0 Å². The van der Waals surface area contributed by atoms with E-state index in [0.717, 1.165) is 6.07 Å². The monoisotopic (exact) mass is 414 g/mol.